The van der Waals surface area contributed by atoms with Gasteiger partial charge in [-0.3, -0.25) is 4.57 Å². The number of anilines is 1. The van der Waals surface area contributed by atoms with Gasteiger partial charge in [0.25, 0.3) is 0 Å². The molecule has 8 atom stereocenters. The molecular formula is C20H29FN3O4PS2. The summed E-state index contributed by atoms with van der Waals surface area (Å²) in [6, 6.07) is 1.44. The Morgan fingerprint density at radius 3 is 3.03 bits per heavy atom. The van der Waals surface area contributed by atoms with Gasteiger partial charge in [0.05, 0.1) is 18.8 Å². The molecule has 3 fully saturated rings. The van der Waals surface area contributed by atoms with Crippen molar-refractivity contribution in [3.05, 3.63) is 34.9 Å². The zero-order chi connectivity index (χ0) is 22.6. The van der Waals surface area contributed by atoms with Crippen molar-refractivity contribution in [1.82, 2.24) is 9.55 Å². The van der Waals surface area contributed by atoms with Crippen LogP contribution in [0.3, 0.4) is 0 Å². The molecule has 0 radical (unpaired) electrons. The van der Waals surface area contributed by atoms with E-state index < -0.39 is 35.8 Å². The lowest BCUT2D eigenvalue weighted by atomic mass is 9.77. The first-order chi connectivity index (χ1) is 14.5. The third-order valence-electron chi connectivity index (χ3n) is 6.64. The number of rotatable bonds is 5. The highest BCUT2D eigenvalue weighted by Crippen LogP contribution is 2.75. The first-order valence-corrected chi connectivity index (χ1v) is 14.5. The number of halogens is 1. The molecule has 7 nitrogen and oxygen atoms in total. The highest BCUT2D eigenvalue weighted by atomic mass is 32.9. The number of fused-ring (bicyclic) bond motifs is 1. The molecule has 0 unspecified atom stereocenters. The molecule has 2 N–H and O–H groups in total. The maximum Gasteiger partial charge on any atom is 0.351 e. The van der Waals surface area contributed by atoms with Gasteiger partial charge in [-0.15, -0.1) is 0 Å². The van der Waals surface area contributed by atoms with Gasteiger partial charge in [-0.05, 0) is 56.9 Å². The Morgan fingerprint density at radius 1 is 1.61 bits per heavy atom. The molecule has 4 rings (SSSR count). The van der Waals surface area contributed by atoms with Crippen LogP contribution in [0.15, 0.2) is 29.2 Å². The minimum absolute atomic E-state index is 0.0294. The second-order valence-electron chi connectivity index (χ2n) is 8.97. The molecule has 0 aromatic carbocycles. The van der Waals surface area contributed by atoms with Gasteiger partial charge in [0, 0.05) is 16.9 Å². The Bertz CT molecular complexity index is 978. The number of allylic oxidation sites excluding steroid dienone is 1. The summed E-state index contributed by atoms with van der Waals surface area (Å²) in [7, 11) is 0. The van der Waals surface area contributed by atoms with Gasteiger partial charge in [-0.25, -0.2) is 9.18 Å². The lowest BCUT2D eigenvalue weighted by molar-refractivity contribution is -0.0384. The molecule has 11 heteroatoms. The fourth-order valence-electron chi connectivity index (χ4n) is 4.48. The molecule has 1 aromatic heterocycles. The molecule has 1 saturated carbocycles. The summed E-state index contributed by atoms with van der Waals surface area (Å²) >= 11 is 7.42. The van der Waals surface area contributed by atoms with Crippen molar-refractivity contribution >= 4 is 34.7 Å². The van der Waals surface area contributed by atoms with Crippen LogP contribution in [-0.2, 0) is 25.6 Å². The van der Waals surface area contributed by atoms with Crippen molar-refractivity contribution in [3.8, 4) is 0 Å². The Balaban J connectivity index is 1.42. The topological polar surface area (TPSA) is 88.6 Å². The third-order valence-corrected chi connectivity index (χ3v) is 12.5. The molecular weight excluding hydrogens is 460 g/mol. The molecule has 0 amide bonds. The molecule has 31 heavy (non-hydrogen) atoms. The van der Waals surface area contributed by atoms with Crippen LogP contribution < -0.4 is 11.4 Å². The summed E-state index contributed by atoms with van der Waals surface area (Å²) in [6.45, 7) is 10.2. The number of hydrogen-bond acceptors (Lipinski definition) is 8. The van der Waals surface area contributed by atoms with Crippen molar-refractivity contribution in [2.75, 3.05) is 12.3 Å². The Kier molecular flexibility index (Phi) is 6.44. The van der Waals surface area contributed by atoms with Crippen molar-refractivity contribution < 1.29 is 18.2 Å². The van der Waals surface area contributed by atoms with Crippen LogP contribution in [0.2, 0.25) is 0 Å². The normalized spacial score (nSPS) is 42.5. The van der Waals surface area contributed by atoms with E-state index in [9.17, 15) is 9.18 Å². The van der Waals surface area contributed by atoms with Crippen molar-refractivity contribution in [2.45, 2.75) is 69.4 Å². The summed E-state index contributed by atoms with van der Waals surface area (Å²) in [5.74, 6) is 0.0484. The number of aromatic nitrogens is 2. The molecule has 3 heterocycles. The molecule has 0 spiro atoms. The van der Waals surface area contributed by atoms with Gasteiger partial charge in [0.15, 0.2) is 12.4 Å². The van der Waals surface area contributed by atoms with Gasteiger partial charge in [0.1, 0.15) is 5.82 Å². The van der Waals surface area contributed by atoms with E-state index >= 15 is 0 Å². The van der Waals surface area contributed by atoms with Gasteiger partial charge in [-0.1, -0.05) is 30.5 Å². The highest BCUT2D eigenvalue weighted by molar-refractivity contribution is 8.68. The first-order valence-electron chi connectivity index (χ1n) is 10.4. The molecule has 0 bridgehead atoms. The quantitative estimate of drug-likeness (QED) is 0.486. The van der Waals surface area contributed by atoms with Crippen LogP contribution in [0.1, 0.15) is 46.3 Å². The van der Waals surface area contributed by atoms with Crippen LogP contribution in [0.25, 0.3) is 0 Å². The van der Waals surface area contributed by atoms with Gasteiger partial charge in [0.2, 0.25) is 5.69 Å². The SMILES string of the molecule is C=C(C)[C@@H]1CC[C@]2(C)S[P@@](=S)(OC[C@H]3O[C@@H](n4ccc(N)nc4=O)[C@H](F)[C@@H]3C)O[C@H]2C1. The standard InChI is InChI=1S/C20H29FN3O4PS2/c1-11(2)13-5-7-20(4)15(9-13)28-29(30,31-20)26-10-14-12(3)17(21)18(27-14)24-8-6-16(22)23-19(24)25/h6,8,12-15,17-18H,1,5,7,9-10H2,2-4H3,(H2,22,23,25)/t12-,13-,14-,15+,17-,18-,20+,29+/m1/s1. The van der Waals surface area contributed by atoms with E-state index in [4.69, 9.17) is 31.3 Å². The highest BCUT2D eigenvalue weighted by Gasteiger charge is 2.54. The zero-order valence-corrected chi connectivity index (χ0v) is 20.4. The van der Waals surface area contributed by atoms with E-state index in [0.717, 1.165) is 23.8 Å². The number of ether oxygens (including phenoxy) is 1. The fraction of sp³-hybridized carbons (Fsp3) is 0.700. The second kappa shape index (κ2) is 8.54. The van der Waals surface area contributed by atoms with E-state index in [-0.39, 0.29) is 23.3 Å². The lowest BCUT2D eigenvalue weighted by Gasteiger charge is -2.37. The van der Waals surface area contributed by atoms with Crippen molar-refractivity contribution in [1.29, 1.82) is 0 Å². The first kappa shape index (κ1) is 23.4. The minimum atomic E-state index is -2.58. The van der Waals surface area contributed by atoms with Crippen molar-refractivity contribution in [3.63, 3.8) is 0 Å². The predicted octanol–water partition coefficient (Wildman–Crippen LogP) is 4.21. The van der Waals surface area contributed by atoms with E-state index in [1.807, 2.05) is 0 Å². The summed E-state index contributed by atoms with van der Waals surface area (Å²) < 4.78 is 34.3. The van der Waals surface area contributed by atoms with Gasteiger partial charge in [-0.2, -0.15) is 4.98 Å². The summed E-state index contributed by atoms with van der Waals surface area (Å²) in [6.07, 6.45) is 1.40. The lowest BCUT2D eigenvalue weighted by Crippen LogP contribution is -2.39. The maximum atomic E-state index is 15.0. The zero-order valence-electron chi connectivity index (χ0n) is 17.9. The fourth-order valence-corrected chi connectivity index (χ4v) is 11.6. The molecule has 2 saturated heterocycles. The number of alkyl halides is 1. The van der Waals surface area contributed by atoms with E-state index in [1.54, 1.807) is 18.3 Å². The largest absolute Gasteiger partial charge is 0.383 e. The van der Waals surface area contributed by atoms with E-state index in [1.165, 1.54) is 17.8 Å². The number of nitrogens with two attached hydrogens (primary N) is 1. The van der Waals surface area contributed by atoms with Crippen LogP contribution in [0.4, 0.5) is 10.2 Å². The van der Waals surface area contributed by atoms with Gasteiger partial charge < -0.3 is 19.5 Å². The Morgan fingerprint density at radius 2 is 2.35 bits per heavy atom. The van der Waals surface area contributed by atoms with E-state index in [2.05, 4.69) is 25.4 Å². The number of hydrogen-bond donors (Lipinski definition) is 1. The molecule has 1 aromatic rings. The number of nitrogens with zero attached hydrogens (tertiary/aromatic N) is 2. The van der Waals surface area contributed by atoms with Crippen LogP contribution in [0, 0.1) is 11.8 Å². The Hall–Kier alpha value is -0.770. The van der Waals surface area contributed by atoms with E-state index in [0.29, 0.717) is 5.92 Å². The number of nitrogen functional groups attached to an aromatic ring is 1. The maximum absolute atomic E-state index is 15.0. The minimum Gasteiger partial charge on any atom is -0.383 e. The van der Waals surface area contributed by atoms with Gasteiger partial charge >= 0.3 is 5.69 Å². The Labute approximate surface area is 190 Å². The van der Waals surface area contributed by atoms with Crippen molar-refractivity contribution in [2.24, 2.45) is 11.8 Å². The summed E-state index contributed by atoms with van der Waals surface area (Å²) in [5.41, 5.74) is 3.47. The predicted molar refractivity (Wildman–Crippen MR) is 124 cm³/mol. The average molecular weight is 490 g/mol. The average Bonchev–Trinajstić information content (AvgIpc) is 3.12. The van der Waals surface area contributed by atoms with Crippen LogP contribution >= 0.6 is 17.1 Å². The second-order valence-corrected chi connectivity index (χ2v) is 15.6. The molecule has 2 aliphatic heterocycles. The molecule has 172 valence electrons. The van der Waals surface area contributed by atoms with Crippen LogP contribution in [-0.4, -0.2) is 39.3 Å². The summed E-state index contributed by atoms with van der Waals surface area (Å²) in [4.78, 5) is 15.8. The summed E-state index contributed by atoms with van der Waals surface area (Å²) in [5, 5.41) is 0. The smallest absolute Gasteiger partial charge is 0.351 e. The molecule has 3 aliphatic rings. The molecule has 1 aliphatic carbocycles. The monoisotopic (exact) mass is 489 g/mol. The third kappa shape index (κ3) is 4.52. The van der Waals surface area contributed by atoms with Crippen LogP contribution in [0.5, 0.6) is 0 Å².